The van der Waals surface area contributed by atoms with Gasteiger partial charge >= 0.3 is 0 Å². The van der Waals surface area contributed by atoms with Gasteiger partial charge in [0.05, 0.1) is 16.6 Å². The second-order valence-electron chi connectivity index (χ2n) is 7.13. The van der Waals surface area contributed by atoms with Crippen LogP contribution in [0, 0.1) is 0 Å². The third-order valence-corrected chi connectivity index (χ3v) is 5.28. The van der Waals surface area contributed by atoms with Crippen LogP contribution in [-0.2, 0) is 7.05 Å². The number of fused-ring (bicyclic) bond motifs is 1. The number of rotatable bonds is 4. The van der Waals surface area contributed by atoms with Crippen molar-refractivity contribution in [3.05, 3.63) is 47.8 Å². The molecule has 2 heterocycles. The Morgan fingerprint density at radius 2 is 1.93 bits per heavy atom. The van der Waals surface area contributed by atoms with Crippen LogP contribution in [0.5, 0.6) is 0 Å². The lowest BCUT2D eigenvalue weighted by molar-refractivity contribution is 0.0998. The molecule has 0 atom stereocenters. The summed E-state index contributed by atoms with van der Waals surface area (Å²) >= 11 is 0. The minimum Gasteiger partial charge on any atom is -0.366 e. The van der Waals surface area contributed by atoms with Crippen molar-refractivity contribution in [2.75, 3.05) is 5.32 Å². The summed E-state index contributed by atoms with van der Waals surface area (Å²) in [7, 11) is 1.71. The van der Waals surface area contributed by atoms with E-state index in [0.717, 1.165) is 23.9 Å². The third-order valence-electron chi connectivity index (χ3n) is 5.28. The Bertz CT molecular complexity index is 1010. The second kappa shape index (κ2) is 6.90. The van der Waals surface area contributed by atoms with Crippen molar-refractivity contribution in [2.24, 2.45) is 12.8 Å². The fourth-order valence-electron chi connectivity index (χ4n) is 3.93. The number of nitrogens with zero attached hydrogens (tertiary/aromatic N) is 3. The predicted molar refractivity (Wildman–Crippen MR) is 104 cm³/mol. The van der Waals surface area contributed by atoms with Crippen molar-refractivity contribution in [3.8, 4) is 0 Å². The molecule has 1 saturated carbocycles. The number of anilines is 1. The highest BCUT2D eigenvalue weighted by Gasteiger charge is 2.23. The molecule has 27 heavy (non-hydrogen) atoms. The van der Waals surface area contributed by atoms with Crippen molar-refractivity contribution in [1.29, 1.82) is 0 Å². The molecule has 2 aromatic heterocycles. The molecule has 1 fully saturated rings. The zero-order valence-corrected chi connectivity index (χ0v) is 15.3. The van der Waals surface area contributed by atoms with E-state index in [1.807, 2.05) is 24.3 Å². The van der Waals surface area contributed by atoms with Gasteiger partial charge in [-0.25, -0.2) is 4.98 Å². The lowest BCUT2D eigenvalue weighted by Gasteiger charge is -2.25. The summed E-state index contributed by atoms with van der Waals surface area (Å²) < 4.78 is 3.76. The van der Waals surface area contributed by atoms with Crippen molar-refractivity contribution in [1.82, 2.24) is 14.1 Å². The second-order valence-corrected chi connectivity index (χ2v) is 7.13. The number of benzene rings is 1. The quantitative estimate of drug-likeness (QED) is 0.743. The van der Waals surface area contributed by atoms with Crippen LogP contribution in [0.4, 0.5) is 5.95 Å². The van der Waals surface area contributed by atoms with Gasteiger partial charge in [-0.1, -0.05) is 31.4 Å². The summed E-state index contributed by atoms with van der Waals surface area (Å²) in [5.41, 5.74) is 7.89. The number of hydrogen-bond acceptors (Lipinski definition) is 3. The van der Waals surface area contributed by atoms with Crippen LogP contribution in [0.25, 0.3) is 11.0 Å². The van der Waals surface area contributed by atoms with Crippen LogP contribution in [0.3, 0.4) is 0 Å². The Labute approximate surface area is 157 Å². The first-order chi connectivity index (χ1) is 13.0. The highest BCUT2D eigenvalue weighted by Crippen LogP contribution is 2.34. The third kappa shape index (κ3) is 3.20. The van der Waals surface area contributed by atoms with E-state index in [1.165, 1.54) is 25.3 Å². The Hall–Kier alpha value is -3.09. The number of aryl methyl sites for hydroxylation is 1. The highest BCUT2D eigenvalue weighted by molar-refractivity contribution is 6.05. The molecule has 0 aliphatic heterocycles. The molecule has 1 aliphatic rings. The number of amides is 2. The SMILES string of the molecule is Cn1cc(C(N)=O)cc1C(=O)Nc1nc2ccccc2n1C1CCCCC1. The molecule has 3 aromatic rings. The van der Waals surface area contributed by atoms with Gasteiger partial charge < -0.3 is 14.9 Å². The summed E-state index contributed by atoms with van der Waals surface area (Å²) in [6.07, 6.45) is 7.35. The maximum Gasteiger partial charge on any atom is 0.274 e. The molecule has 3 N–H and O–H groups in total. The predicted octanol–water partition coefficient (Wildman–Crippen LogP) is 3.23. The van der Waals surface area contributed by atoms with E-state index in [4.69, 9.17) is 5.73 Å². The number of para-hydroxylation sites is 2. The maximum absolute atomic E-state index is 12.8. The first-order valence-electron chi connectivity index (χ1n) is 9.29. The van der Waals surface area contributed by atoms with Crippen LogP contribution >= 0.6 is 0 Å². The molecule has 7 heteroatoms. The van der Waals surface area contributed by atoms with Crippen LogP contribution in [0.15, 0.2) is 36.5 Å². The van der Waals surface area contributed by atoms with Gasteiger partial charge in [0, 0.05) is 19.3 Å². The number of nitrogens with one attached hydrogen (secondary N) is 1. The molecule has 4 rings (SSSR count). The maximum atomic E-state index is 12.8. The molecule has 0 spiro atoms. The summed E-state index contributed by atoms with van der Waals surface area (Å²) in [5, 5.41) is 2.95. The van der Waals surface area contributed by atoms with Gasteiger partial charge in [-0.2, -0.15) is 0 Å². The van der Waals surface area contributed by atoms with Gasteiger partial charge in [0.25, 0.3) is 5.91 Å². The van der Waals surface area contributed by atoms with Crippen LogP contribution in [0.1, 0.15) is 59.0 Å². The average Bonchev–Trinajstić information content (AvgIpc) is 3.22. The van der Waals surface area contributed by atoms with Gasteiger partial charge in [0.2, 0.25) is 11.9 Å². The Balaban J connectivity index is 1.71. The van der Waals surface area contributed by atoms with Crippen molar-refractivity contribution < 1.29 is 9.59 Å². The molecular formula is C20H23N5O2. The standard InChI is InChI=1S/C20H23N5O2/c1-24-12-13(18(21)26)11-17(24)19(27)23-20-22-15-9-5-6-10-16(15)25(20)14-7-3-2-4-8-14/h5-6,9-12,14H,2-4,7-8H2,1H3,(H2,21,26)(H,22,23,27). The number of carbonyl (C=O) groups excluding carboxylic acids is 2. The summed E-state index contributed by atoms with van der Waals surface area (Å²) in [5.74, 6) is -0.314. The molecule has 140 valence electrons. The zero-order chi connectivity index (χ0) is 19.0. The highest BCUT2D eigenvalue weighted by atomic mass is 16.2. The summed E-state index contributed by atoms with van der Waals surface area (Å²) in [6, 6.07) is 9.77. The summed E-state index contributed by atoms with van der Waals surface area (Å²) in [6.45, 7) is 0. The van der Waals surface area contributed by atoms with E-state index >= 15 is 0 Å². The Morgan fingerprint density at radius 1 is 1.19 bits per heavy atom. The van der Waals surface area contributed by atoms with E-state index in [0.29, 0.717) is 23.2 Å². The number of aromatic nitrogens is 3. The van der Waals surface area contributed by atoms with E-state index in [1.54, 1.807) is 17.8 Å². The summed E-state index contributed by atoms with van der Waals surface area (Å²) in [4.78, 5) is 28.9. The van der Waals surface area contributed by atoms with Gasteiger partial charge in [-0.15, -0.1) is 0 Å². The first kappa shape index (κ1) is 17.3. The van der Waals surface area contributed by atoms with Crippen molar-refractivity contribution >= 4 is 28.8 Å². The Kier molecular flexibility index (Phi) is 4.43. The topological polar surface area (TPSA) is 94.9 Å². The minimum absolute atomic E-state index is 0.308. The van der Waals surface area contributed by atoms with Gasteiger partial charge in [0.15, 0.2) is 0 Å². The molecule has 1 aliphatic carbocycles. The van der Waals surface area contributed by atoms with Crippen molar-refractivity contribution in [2.45, 2.75) is 38.1 Å². The lowest BCUT2D eigenvalue weighted by atomic mass is 9.95. The average molecular weight is 365 g/mol. The zero-order valence-electron chi connectivity index (χ0n) is 15.3. The van der Waals surface area contributed by atoms with Crippen LogP contribution in [-0.4, -0.2) is 25.9 Å². The molecular weight excluding hydrogens is 342 g/mol. The number of carbonyl (C=O) groups is 2. The normalized spacial score (nSPS) is 15.1. The number of hydrogen-bond donors (Lipinski definition) is 2. The number of primary amides is 1. The van der Waals surface area contributed by atoms with Crippen LogP contribution < -0.4 is 11.1 Å². The molecule has 0 unspecified atom stereocenters. The lowest BCUT2D eigenvalue weighted by Crippen LogP contribution is -2.21. The monoisotopic (exact) mass is 365 g/mol. The molecule has 7 nitrogen and oxygen atoms in total. The molecule has 1 aromatic carbocycles. The van der Waals surface area contributed by atoms with E-state index in [-0.39, 0.29) is 5.91 Å². The Morgan fingerprint density at radius 3 is 2.63 bits per heavy atom. The fourth-order valence-corrected chi connectivity index (χ4v) is 3.93. The van der Waals surface area contributed by atoms with Gasteiger partial charge in [-0.05, 0) is 31.0 Å². The molecule has 0 bridgehead atoms. The number of nitrogens with two attached hydrogens (primary N) is 1. The molecule has 2 amide bonds. The van der Waals surface area contributed by atoms with Gasteiger partial charge in [0.1, 0.15) is 5.69 Å². The molecule has 0 radical (unpaired) electrons. The van der Waals surface area contributed by atoms with E-state index in [9.17, 15) is 9.59 Å². The fraction of sp³-hybridized carbons (Fsp3) is 0.350. The van der Waals surface area contributed by atoms with E-state index in [2.05, 4.69) is 14.9 Å². The van der Waals surface area contributed by atoms with Crippen LogP contribution in [0.2, 0.25) is 0 Å². The molecule has 0 saturated heterocycles. The largest absolute Gasteiger partial charge is 0.366 e. The number of imidazole rings is 1. The van der Waals surface area contributed by atoms with Crippen molar-refractivity contribution in [3.63, 3.8) is 0 Å². The minimum atomic E-state index is -0.556. The first-order valence-corrected chi connectivity index (χ1v) is 9.29. The van der Waals surface area contributed by atoms with E-state index < -0.39 is 5.91 Å². The van der Waals surface area contributed by atoms with Gasteiger partial charge in [-0.3, -0.25) is 14.9 Å². The smallest absolute Gasteiger partial charge is 0.274 e.